The molecule has 2 rings (SSSR count). The molecule has 0 aliphatic heterocycles. The van der Waals surface area contributed by atoms with E-state index in [-0.39, 0.29) is 11.2 Å². The number of pyridine rings is 1. The molecule has 0 unspecified atom stereocenters. The van der Waals surface area contributed by atoms with Gasteiger partial charge in [-0.3, -0.25) is 4.98 Å². The smallest absolute Gasteiger partial charge is 0.130 e. The minimum absolute atomic E-state index is 0.0265. The molecule has 0 amide bonds. The molecule has 2 aromatic rings. The number of rotatable bonds is 4. The minimum Gasteiger partial charge on any atom is -0.300 e. The van der Waals surface area contributed by atoms with Gasteiger partial charge in [0.25, 0.3) is 0 Å². The van der Waals surface area contributed by atoms with Crippen molar-refractivity contribution in [2.75, 3.05) is 0 Å². The van der Waals surface area contributed by atoms with Crippen molar-refractivity contribution in [3.8, 4) is 0 Å². The number of hydrogen-bond donors (Lipinski definition) is 0. The van der Waals surface area contributed by atoms with E-state index in [0.717, 1.165) is 23.0 Å². The highest BCUT2D eigenvalue weighted by Gasteiger charge is 2.21. The summed E-state index contributed by atoms with van der Waals surface area (Å²) < 4.78 is 0. The van der Waals surface area contributed by atoms with E-state index in [0.29, 0.717) is 6.42 Å². The molecule has 0 N–H and O–H groups in total. The van der Waals surface area contributed by atoms with Crippen LogP contribution in [0.5, 0.6) is 0 Å². The Labute approximate surface area is 108 Å². The summed E-state index contributed by atoms with van der Waals surface area (Å²) in [7, 11) is 0. The highest BCUT2D eigenvalue weighted by atomic mass is 16.1. The Balaban J connectivity index is 2.24. The Morgan fingerprint density at radius 3 is 2.61 bits per heavy atom. The standard InChI is InChI=1S/C16H19NO/c1-12(18)10-16(2,3)11-14-9-8-13-6-4-5-7-15(13)17-14/h4-9H,10-11H2,1-3H3. The highest BCUT2D eigenvalue weighted by Crippen LogP contribution is 2.26. The van der Waals surface area contributed by atoms with Crippen molar-refractivity contribution in [3.05, 3.63) is 42.1 Å². The molecule has 2 nitrogen and oxygen atoms in total. The topological polar surface area (TPSA) is 30.0 Å². The van der Waals surface area contributed by atoms with Gasteiger partial charge in [0, 0.05) is 17.5 Å². The average molecular weight is 241 g/mol. The quantitative estimate of drug-likeness (QED) is 0.815. The van der Waals surface area contributed by atoms with E-state index in [4.69, 9.17) is 0 Å². The van der Waals surface area contributed by atoms with Crippen LogP contribution in [0.4, 0.5) is 0 Å². The van der Waals surface area contributed by atoms with E-state index in [2.05, 4.69) is 37.0 Å². The van der Waals surface area contributed by atoms with Crippen molar-refractivity contribution >= 4 is 16.7 Å². The maximum atomic E-state index is 11.2. The molecule has 1 aromatic carbocycles. The number of fused-ring (bicyclic) bond motifs is 1. The molecule has 0 fully saturated rings. The fraction of sp³-hybridized carbons (Fsp3) is 0.375. The summed E-state index contributed by atoms with van der Waals surface area (Å²) in [6.07, 6.45) is 1.43. The normalized spacial score (nSPS) is 11.7. The maximum absolute atomic E-state index is 11.2. The molecule has 0 aliphatic carbocycles. The lowest BCUT2D eigenvalue weighted by Gasteiger charge is -2.22. The molecule has 1 heterocycles. The van der Waals surface area contributed by atoms with Gasteiger partial charge in [-0.2, -0.15) is 0 Å². The van der Waals surface area contributed by atoms with Crippen LogP contribution in [0, 0.1) is 5.41 Å². The molecule has 0 saturated heterocycles. The second-order valence-corrected chi connectivity index (χ2v) is 5.72. The van der Waals surface area contributed by atoms with Gasteiger partial charge in [-0.05, 0) is 30.9 Å². The molecule has 0 atom stereocenters. The maximum Gasteiger partial charge on any atom is 0.130 e. The van der Waals surface area contributed by atoms with Gasteiger partial charge in [0.15, 0.2) is 0 Å². The summed E-state index contributed by atoms with van der Waals surface area (Å²) in [5.74, 6) is 0.237. The van der Waals surface area contributed by atoms with Crippen LogP contribution < -0.4 is 0 Å². The predicted octanol–water partition coefficient (Wildman–Crippen LogP) is 3.78. The van der Waals surface area contributed by atoms with Crippen LogP contribution in [0.25, 0.3) is 10.9 Å². The molecule has 18 heavy (non-hydrogen) atoms. The van der Waals surface area contributed by atoms with Crippen molar-refractivity contribution in [3.63, 3.8) is 0 Å². The van der Waals surface area contributed by atoms with Crippen LogP contribution in [0.15, 0.2) is 36.4 Å². The van der Waals surface area contributed by atoms with Gasteiger partial charge in [-0.1, -0.05) is 38.1 Å². The Bertz CT molecular complexity index is 572. The number of Topliss-reactive ketones (excluding diaryl/α,β-unsaturated/α-hetero) is 1. The van der Waals surface area contributed by atoms with E-state index in [1.165, 1.54) is 0 Å². The van der Waals surface area contributed by atoms with Crippen molar-refractivity contribution in [2.45, 2.75) is 33.6 Å². The van der Waals surface area contributed by atoms with Crippen LogP contribution in [0.2, 0.25) is 0 Å². The van der Waals surface area contributed by atoms with Crippen molar-refractivity contribution in [1.82, 2.24) is 4.98 Å². The SMILES string of the molecule is CC(=O)CC(C)(C)Cc1ccc2ccccc2n1. The lowest BCUT2D eigenvalue weighted by atomic mass is 9.83. The van der Waals surface area contributed by atoms with Crippen molar-refractivity contribution < 1.29 is 4.79 Å². The number of carbonyl (C=O) groups excluding carboxylic acids is 1. The van der Waals surface area contributed by atoms with Gasteiger partial charge in [0.1, 0.15) is 5.78 Å². The first-order valence-corrected chi connectivity index (χ1v) is 6.30. The molecule has 0 bridgehead atoms. The first-order valence-electron chi connectivity index (χ1n) is 6.30. The summed E-state index contributed by atoms with van der Waals surface area (Å²) in [5, 5.41) is 1.16. The van der Waals surface area contributed by atoms with Gasteiger partial charge < -0.3 is 4.79 Å². The molecule has 0 saturated carbocycles. The lowest BCUT2D eigenvalue weighted by Crippen LogP contribution is -2.19. The first kappa shape index (κ1) is 12.7. The van der Waals surface area contributed by atoms with Gasteiger partial charge in [0.2, 0.25) is 0 Å². The fourth-order valence-corrected chi connectivity index (χ4v) is 2.43. The van der Waals surface area contributed by atoms with Gasteiger partial charge >= 0.3 is 0 Å². The third kappa shape index (κ3) is 3.16. The molecular formula is C16H19NO. The van der Waals surface area contributed by atoms with Crippen LogP contribution in [0.3, 0.4) is 0 Å². The number of nitrogens with zero attached hydrogens (tertiary/aromatic N) is 1. The summed E-state index contributed by atoms with van der Waals surface area (Å²) in [5.41, 5.74) is 2.05. The number of carbonyl (C=O) groups is 1. The van der Waals surface area contributed by atoms with E-state index in [1.54, 1.807) is 6.92 Å². The minimum atomic E-state index is -0.0265. The zero-order valence-electron chi connectivity index (χ0n) is 11.2. The lowest BCUT2D eigenvalue weighted by molar-refractivity contribution is -0.118. The Morgan fingerprint density at radius 2 is 1.89 bits per heavy atom. The third-order valence-electron chi connectivity index (χ3n) is 3.04. The number of para-hydroxylation sites is 1. The first-order chi connectivity index (χ1) is 8.46. The van der Waals surface area contributed by atoms with Gasteiger partial charge in [-0.15, -0.1) is 0 Å². The van der Waals surface area contributed by atoms with Gasteiger partial charge in [-0.25, -0.2) is 0 Å². The van der Waals surface area contributed by atoms with E-state index in [9.17, 15) is 4.79 Å². The molecule has 94 valence electrons. The zero-order chi connectivity index (χ0) is 13.2. The molecular weight excluding hydrogens is 222 g/mol. The highest BCUT2D eigenvalue weighted by molar-refractivity contribution is 5.78. The zero-order valence-corrected chi connectivity index (χ0v) is 11.2. The molecule has 2 heteroatoms. The number of hydrogen-bond acceptors (Lipinski definition) is 2. The summed E-state index contributed by atoms with van der Waals surface area (Å²) in [4.78, 5) is 15.9. The largest absolute Gasteiger partial charge is 0.300 e. The third-order valence-corrected chi connectivity index (χ3v) is 3.04. The van der Waals surface area contributed by atoms with Crippen LogP contribution in [-0.4, -0.2) is 10.8 Å². The summed E-state index contributed by atoms with van der Waals surface area (Å²) >= 11 is 0. The summed E-state index contributed by atoms with van der Waals surface area (Å²) in [6.45, 7) is 5.88. The van der Waals surface area contributed by atoms with Crippen molar-refractivity contribution in [2.24, 2.45) is 5.41 Å². The predicted molar refractivity (Wildman–Crippen MR) is 74.5 cm³/mol. The van der Waals surface area contributed by atoms with Crippen LogP contribution >= 0.6 is 0 Å². The molecule has 0 aliphatic rings. The Kier molecular flexibility index (Phi) is 3.46. The van der Waals surface area contributed by atoms with E-state index in [1.807, 2.05) is 18.2 Å². The fourth-order valence-electron chi connectivity index (χ4n) is 2.43. The summed E-state index contributed by atoms with van der Waals surface area (Å²) in [6, 6.07) is 12.3. The Hall–Kier alpha value is -1.70. The molecule has 0 spiro atoms. The Morgan fingerprint density at radius 1 is 1.17 bits per heavy atom. The molecule has 0 radical (unpaired) electrons. The monoisotopic (exact) mass is 241 g/mol. The second-order valence-electron chi connectivity index (χ2n) is 5.72. The van der Waals surface area contributed by atoms with Crippen molar-refractivity contribution in [1.29, 1.82) is 0 Å². The van der Waals surface area contributed by atoms with Crippen LogP contribution in [-0.2, 0) is 11.2 Å². The second kappa shape index (κ2) is 4.89. The average Bonchev–Trinajstić information content (AvgIpc) is 2.26. The molecule has 1 aromatic heterocycles. The van der Waals surface area contributed by atoms with Crippen LogP contribution in [0.1, 0.15) is 32.9 Å². The van der Waals surface area contributed by atoms with E-state index < -0.39 is 0 Å². The van der Waals surface area contributed by atoms with E-state index >= 15 is 0 Å². The number of aromatic nitrogens is 1. The number of benzene rings is 1. The van der Waals surface area contributed by atoms with Gasteiger partial charge in [0.05, 0.1) is 5.52 Å². The number of ketones is 1.